The number of carbonyl (C=O) groups is 1. The molecule has 0 aliphatic rings. The predicted octanol–water partition coefficient (Wildman–Crippen LogP) is 8.23. The summed E-state index contributed by atoms with van der Waals surface area (Å²) in [4.78, 5) is 11.7. The van der Waals surface area contributed by atoms with E-state index < -0.39 is 0 Å². The van der Waals surface area contributed by atoms with Gasteiger partial charge in [0.05, 0.1) is 11.8 Å². The monoisotopic (exact) mass is 372 g/mol. The summed E-state index contributed by atoms with van der Waals surface area (Å²) in [5, 5.41) is 0. The van der Waals surface area contributed by atoms with Gasteiger partial charge in [-0.15, -0.1) is 0 Å². The van der Waals surface area contributed by atoms with Gasteiger partial charge in [-0.25, -0.2) is 4.79 Å². The minimum atomic E-state index is -0.284. The zero-order valence-corrected chi connectivity index (χ0v) is 17.5. The Bertz CT molecular complexity index is 478. The Labute approximate surface area is 167 Å². The molecule has 0 spiro atoms. The van der Waals surface area contributed by atoms with Gasteiger partial charge in [0.2, 0.25) is 0 Å². The summed E-state index contributed by atoms with van der Waals surface area (Å²) < 4.78 is 5.13. The molecule has 0 unspecified atom stereocenters. The number of hydrogen-bond donors (Lipinski definition) is 0. The van der Waals surface area contributed by atoms with E-state index in [4.69, 9.17) is 4.74 Å². The molecule has 0 fully saturated rings. The molecule has 0 atom stereocenters. The summed E-state index contributed by atoms with van der Waals surface area (Å²) in [6.45, 7) is 2.28. The fourth-order valence-corrected chi connectivity index (χ4v) is 3.28. The molecular formula is C25H40O2. The number of carbonyl (C=O) groups excluding carboxylic acids is 1. The smallest absolute Gasteiger partial charge is 0.342 e. The number of benzene rings is 1. The highest BCUT2D eigenvalue weighted by Crippen LogP contribution is 2.13. The number of esters is 1. The second-order valence-corrected chi connectivity index (χ2v) is 7.53. The van der Waals surface area contributed by atoms with E-state index in [2.05, 4.69) is 6.92 Å². The third-order valence-electron chi connectivity index (χ3n) is 5.01. The molecule has 27 heavy (non-hydrogen) atoms. The van der Waals surface area contributed by atoms with Crippen molar-refractivity contribution < 1.29 is 9.53 Å². The highest BCUT2D eigenvalue weighted by molar-refractivity contribution is 5.89. The molecule has 2 heteroatoms. The summed E-state index contributed by atoms with van der Waals surface area (Å²) in [5.74, 6) is -0.284. The van der Waals surface area contributed by atoms with Crippen molar-refractivity contribution in [3.8, 4) is 0 Å². The van der Waals surface area contributed by atoms with E-state index in [9.17, 15) is 4.79 Å². The van der Waals surface area contributed by atoms with E-state index in [0.29, 0.717) is 5.56 Å². The number of hydrogen-bond acceptors (Lipinski definition) is 2. The van der Waals surface area contributed by atoms with Gasteiger partial charge in [-0.3, -0.25) is 0 Å². The number of rotatable bonds is 17. The second kappa shape index (κ2) is 17.8. The summed E-state index contributed by atoms with van der Waals surface area (Å²) in [6, 6.07) is 9.11. The molecule has 0 radical (unpaired) electrons. The van der Waals surface area contributed by atoms with E-state index in [0.717, 1.165) is 6.42 Å². The third kappa shape index (κ3) is 14.2. The molecule has 2 nitrogen and oxygen atoms in total. The molecule has 0 aromatic heterocycles. The summed E-state index contributed by atoms with van der Waals surface area (Å²) in [5.41, 5.74) is 0.596. The maximum absolute atomic E-state index is 11.7. The van der Waals surface area contributed by atoms with Crippen molar-refractivity contribution in [2.45, 2.75) is 103 Å². The van der Waals surface area contributed by atoms with E-state index in [1.807, 2.05) is 24.3 Å². The molecule has 0 bridgehead atoms. The van der Waals surface area contributed by atoms with Gasteiger partial charge >= 0.3 is 5.97 Å². The fraction of sp³-hybridized carbons (Fsp3) is 0.640. The van der Waals surface area contributed by atoms with Crippen LogP contribution in [-0.2, 0) is 4.74 Å². The Kier molecular flexibility index (Phi) is 15.5. The predicted molar refractivity (Wildman–Crippen MR) is 116 cm³/mol. The largest absolute Gasteiger partial charge is 0.431 e. The number of unbranched alkanes of at least 4 members (excludes halogenated alkanes) is 14. The molecule has 1 aromatic rings. The van der Waals surface area contributed by atoms with E-state index in [1.165, 1.54) is 96.2 Å². The van der Waals surface area contributed by atoms with Gasteiger partial charge in [-0.2, -0.15) is 0 Å². The van der Waals surface area contributed by atoms with Crippen LogP contribution in [0.5, 0.6) is 0 Å². The van der Waals surface area contributed by atoms with Crippen LogP contribution >= 0.6 is 0 Å². The average Bonchev–Trinajstić information content (AvgIpc) is 2.70. The first-order valence-electron chi connectivity index (χ1n) is 11.3. The first kappa shape index (κ1) is 23.5. The SMILES string of the molecule is CCCCCCCCCCCCCCCCC=COC(=O)c1ccccc1. The van der Waals surface area contributed by atoms with Crippen molar-refractivity contribution in [1.82, 2.24) is 0 Å². The lowest BCUT2D eigenvalue weighted by Crippen LogP contribution is -1.99. The minimum absolute atomic E-state index is 0.284. The summed E-state index contributed by atoms with van der Waals surface area (Å²) in [7, 11) is 0. The Balaban J connectivity index is 1.81. The van der Waals surface area contributed by atoms with E-state index in [1.54, 1.807) is 12.1 Å². The summed E-state index contributed by atoms with van der Waals surface area (Å²) >= 11 is 0. The van der Waals surface area contributed by atoms with Crippen LogP contribution in [0.15, 0.2) is 42.7 Å². The standard InChI is InChI=1S/C25H40O2/c1-2-3-4-5-6-7-8-9-10-11-12-13-14-15-16-20-23-27-25(26)24-21-18-17-19-22-24/h17-23H,2-16H2,1H3. The number of allylic oxidation sites excluding steroid dienone is 1. The molecule has 0 saturated heterocycles. The summed E-state index contributed by atoms with van der Waals surface area (Å²) in [6.07, 6.45) is 23.8. The molecule has 1 aromatic carbocycles. The van der Waals surface area contributed by atoms with Crippen molar-refractivity contribution in [2.24, 2.45) is 0 Å². The van der Waals surface area contributed by atoms with Crippen molar-refractivity contribution in [3.05, 3.63) is 48.2 Å². The molecule has 0 aliphatic carbocycles. The number of ether oxygens (including phenoxy) is 1. The first-order valence-corrected chi connectivity index (χ1v) is 11.3. The molecule has 0 aliphatic heterocycles. The topological polar surface area (TPSA) is 26.3 Å². The van der Waals surface area contributed by atoms with E-state index in [-0.39, 0.29) is 5.97 Å². The van der Waals surface area contributed by atoms with Crippen LogP contribution in [0.3, 0.4) is 0 Å². The molecule has 0 heterocycles. The molecule has 1 rings (SSSR count). The van der Waals surface area contributed by atoms with Crippen LogP contribution < -0.4 is 0 Å². The Morgan fingerprint density at radius 2 is 1.22 bits per heavy atom. The quantitative estimate of drug-likeness (QED) is 0.156. The van der Waals surface area contributed by atoms with Gasteiger partial charge in [0.25, 0.3) is 0 Å². The Morgan fingerprint density at radius 3 is 1.74 bits per heavy atom. The van der Waals surface area contributed by atoms with Gasteiger partial charge in [-0.05, 0) is 31.1 Å². The van der Waals surface area contributed by atoms with Gasteiger partial charge in [-0.1, -0.05) is 109 Å². The molecule has 0 amide bonds. The van der Waals surface area contributed by atoms with Crippen LogP contribution in [0.4, 0.5) is 0 Å². The van der Waals surface area contributed by atoms with Crippen molar-refractivity contribution in [1.29, 1.82) is 0 Å². The normalized spacial score (nSPS) is 11.1. The molecular weight excluding hydrogens is 332 g/mol. The van der Waals surface area contributed by atoms with Gasteiger partial charge in [0.15, 0.2) is 0 Å². The lowest BCUT2D eigenvalue weighted by molar-refractivity contribution is 0.0662. The fourth-order valence-electron chi connectivity index (χ4n) is 3.28. The third-order valence-corrected chi connectivity index (χ3v) is 5.01. The molecule has 152 valence electrons. The second-order valence-electron chi connectivity index (χ2n) is 7.53. The zero-order valence-electron chi connectivity index (χ0n) is 17.5. The van der Waals surface area contributed by atoms with E-state index >= 15 is 0 Å². The zero-order chi connectivity index (χ0) is 19.4. The van der Waals surface area contributed by atoms with Crippen LogP contribution in [-0.4, -0.2) is 5.97 Å². The van der Waals surface area contributed by atoms with Crippen LogP contribution in [0.2, 0.25) is 0 Å². The molecule has 0 N–H and O–H groups in total. The van der Waals surface area contributed by atoms with Gasteiger partial charge in [0, 0.05) is 0 Å². The average molecular weight is 373 g/mol. The lowest BCUT2D eigenvalue weighted by Gasteiger charge is -2.03. The van der Waals surface area contributed by atoms with Gasteiger partial charge in [0.1, 0.15) is 0 Å². The van der Waals surface area contributed by atoms with Crippen LogP contribution in [0, 0.1) is 0 Å². The minimum Gasteiger partial charge on any atom is -0.431 e. The van der Waals surface area contributed by atoms with Crippen molar-refractivity contribution in [3.63, 3.8) is 0 Å². The Hall–Kier alpha value is -1.57. The maximum atomic E-state index is 11.7. The van der Waals surface area contributed by atoms with Crippen LogP contribution in [0.25, 0.3) is 0 Å². The maximum Gasteiger partial charge on any atom is 0.342 e. The molecule has 0 saturated carbocycles. The highest BCUT2D eigenvalue weighted by atomic mass is 16.5. The Morgan fingerprint density at radius 1 is 0.741 bits per heavy atom. The van der Waals surface area contributed by atoms with Crippen molar-refractivity contribution >= 4 is 5.97 Å². The van der Waals surface area contributed by atoms with Crippen LogP contribution in [0.1, 0.15) is 114 Å². The lowest BCUT2D eigenvalue weighted by atomic mass is 10.0. The highest BCUT2D eigenvalue weighted by Gasteiger charge is 2.02. The van der Waals surface area contributed by atoms with Gasteiger partial charge < -0.3 is 4.74 Å². The van der Waals surface area contributed by atoms with Crippen molar-refractivity contribution in [2.75, 3.05) is 0 Å². The first-order chi connectivity index (χ1) is 13.3.